The first-order valence-corrected chi connectivity index (χ1v) is 5.56. The Morgan fingerprint density at radius 2 is 1.76 bits per heavy atom. The van der Waals surface area contributed by atoms with Crippen molar-refractivity contribution in [2.24, 2.45) is 0 Å². The molecule has 0 radical (unpaired) electrons. The van der Waals surface area contributed by atoms with Crippen molar-refractivity contribution >= 4 is 5.91 Å². The summed E-state index contributed by atoms with van der Waals surface area (Å²) in [4.78, 5) is 15.3. The Kier molecular flexibility index (Phi) is 5.25. The zero-order valence-corrected chi connectivity index (χ0v) is 10.6. The summed E-state index contributed by atoms with van der Waals surface area (Å²) in [5, 5.41) is 0. The highest BCUT2D eigenvalue weighted by Gasteiger charge is 2.04. The summed E-state index contributed by atoms with van der Waals surface area (Å²) >= 11 is 0. The summed E-state index contributed by atoms with van der Waals surface area (Å²) in [6, 6.07) is 9.52. The number of benzene rings is 1. The summed E-state index contributed by atoms with van der Waals surface area (Å²) in [5.41, 5.74) is 0.863. The Morgan fingerprint density at radius 3 is 2.35 bits per heavy atom. The molecule has 3 nitrogen and oxygen atoms in total. The lowest BCUT2D eigenvalue weighted by Gasteiger charge is -2.16. The second-order valence-electron chi connectivity index (χ2n) is 4.15. The third kappa shape index (κ3) is 5.19. The van der Waals surface area contributed by atoms with E-state index in [1.165, 1.54) is 0 Å². The SMILES string of the molecule is CN(C)CCN(C)C(=O)C#Cc1ccccc1. The van der Waals surface area contributed by atoms with Crippen LogP contribution in [-0.4, -0.2) is 49.9 Å². The predicted octanol–water partition coefficient (Wildman–Crippen LogP) is 1.06. The van der Waals surface area contributed by atoms with E-state index in [9.17, 15) is 4.79 Å². The van der Waals surface area contributed by atoms with E-state index in [0.717, 1.165) is 12.1 Å². The van der Waals surface area contributed by atoms with Gasteiger partial charge in [0.2, 0.25) is 0 Å². The Balaban J connectivity index is 2.52. The number of likely N-dealkylation sites (N-methyl/N-ethyl adjacent to an activating group) is 2. The number of hydrogen-bond donors (Lipinski definition) is 0. The van der Waals surface area contributed by atoms with Crippen LogP contribution in [0.15, 0.2) is 30.3 Å². The predicted molar refractivity (Wildman–Crippen MR) is 69.5 cm³/mol. The zero-order valence-electron chi connectivity index (χ0n) is 10.6. The van der Waals surface area contributed by atoms with Crippen molar-refractivity contribution in [1.82, 2.24) is 9.80 Å². The average Bonchev–Trinajstić information content (AvgIpc) is 2.34. The van der Waals surface area contributed by atoms with Gasteiger partial charge in [0, 0.05) is 31.6 Å². The first kappa shape index (κ1) is 13.3. The van der Waals surface area contributed by atoms with Crippen molar-refractivity contribution in [2.75, 3.05) is 34.2 Å². The van der Waals surface area contributed by atoms with Gasteiger partial charge in [0.05, 0.1) is 0 Å². The first-order chi connectivity index (χ1) is 8.09. The van der Waals surface area contributed by atoms with Gasteiger partial charge in [0.15, 0.2) is 0 Å². The van der Waals surface area contributed by atoms with E-state index >= 15 is 0 Å². The fourth-order valence-corrected chi connectivity index (χ4v) is 1.19. The minimum Gasteiger partial charge on any atom is -0.334 e. The molecular formula is C14H18N2O. The van der Waals surface area contributed by atoms with E-state index in [4.69, 9.17) is 0 Å². The van der Waals surface area contributed by atoms with Gasteiger partial charge in [-0.25, -0.2) is 0 Å². The van der Waals surface area contributed by atoms with Gasteiger partial charge in [-0.15, -0.1) is 0 Å². The quantitative estimate of drug-likeness (QED) is 0.725. The van der Waals surface area contributed by atoms with Crippen LogP contribution in [0.2, 0.25) is 0 Å². The first-order valence-electron chi connectivity index (χ1n) is 5.56. The molecule has 0 fully saturated rings. The number of nitrogens with zero attached hydrogens (tertiary/aromatic N) is 2. The molecule has 0 N–H and O–H groups in total. The molecule has 0 aromatic heterocycles. The van der Waals surface area contributed by atoms with Crippen LogP contribution in [0.3, 0.4) is 0 Å². The molecule has 3 heteroatoms. The van der Waals surface area contributed by atoms with Crippen molar-refractivity contribution < 1.29 is 4.79 Å². The number of amides is 1. The maximum absolute atomic E-state index is 11.7. The van der Waals surface area contributed by atoms with E-state index in [0.29, 0.717) is 6.54 Å². The third-order valence-corrected chi connectivity index (χ3v) is 2.32. The molecule has 0 saturated heterocycles. The van der Waals surface area contributed by atoms with Gasteiger partial charge in [-0.2, -0.15) is 0 Å². The Labute approximate surface area is 103 Å². The van der Waals surface area contributed by atoms with E-state index in [2.05, 4.69) is 11.8 Å². The van der Waals surface area contributed by atoms with Crippen LogP contribution in [0.1, 0.15) is 5.56 Å². The lowest BCUT2D eigenvalue weighted by atomic mass is 10.2. The van der Waals surface area contributed by atoms with E-state index < -0.39 is 0 Å². The molecule has 0 aliphatic rings. The lowest BCUT2D eigenvalue weighted by Crippen LogP contribution is -2.32. The Hall–Kier alpha value is -1.79. The molecule has 17 heavy (non-hydrogen) atoms. The standard InChI is InChI=1S/C14H18N2O/c1-15(2)11-12-16(3)14(17)10-9-13-7-5-4-6-8-13/h4-8H,11-12H2,1-3H3. The molecule has 1 rings (SSSR count). The van der Waals surface area contributed by atoms with Gasteiger partial charge in [0.1, 0.15) is 0 Å². The normalized spacial score (nSPS) is 9.65. The molecule has 0 atom stereocenters. The highest BCUT2D eigenvalue weighted by Crippen LogP contribution is 1.95. The van der Waals surface area contributed by atoms with Crippen molar-refractivity contribution in [2.45, 2.75) is 0 Å². The number of carbonyl (C=O) groups excluding carboxylic acids is 1. The third-order valence-electron chi connectivity index (χ3n) is 2.32. The highest BCUT2D eigenvalue weighted by molar-refractivity contribution is 5.93. The van der Waals surface area contributed by atoms with Crippen LogP contribution < -0.4 is 0 Å². The van der Waals surface area contributed by atoms with Crippen LogP contribution in [-0.2, 0) is 4.79 Å². The topological polar surface area (TPSA) is 23.6 Å². The molecule has 0 aliphatic heterocycles. The molecule has 0 spiro atoms. The highest BCUT2D eigenvalue weighted by atomic mass is 16.2. The van der Waals surface area contributed by atoms with E-state index in [1.54, 1.807) is 11.9 Å². The van der Waals surface area contributed by atoms with Crippen LogP contribution >= 0.6 is 0 Å². The van der Waals surface area contributed by atoms with Crippen molar-refractivity contribution in [3.8, 4) is 11.8 Å². The zero-order chi connectivity index (χ0) is 12.7. The van der Waals surface area contributed by atoms with Crippen LogP contribution in [0, 0.1) is 11.8 Å². The monoisotopic (exact) mass is 230 g/mol. The van der Waals surface area contributed by atoms with Gasteiger partial charge < -0.3 is 9.80 Å². The molecular weight excluding hydrogens is 212 g/mol. The maximum Gasteiger partial charge on any atom is 0.298 e. The Bertz CT molecular complexity index is 415. The van der Waals surface area contributed by atoms with Crippen LogP contribution in [0.4, 0.5) is 0 Å². The number of rotatable bonds is 3. The van der Waals surface area contributed by atoms with Crippen LogP contribution in [0.25, 0.3) is 0 Å². The number of carbonyl (C=O) groups is 1. The summed E-state index contributed by atoms with van der Waals surface area (Å²) in [5.74, 6) is 5.36. The van der Waals surface area contributed by atoms with Crippen molar-refractivity contribution in [1.29, 1.82) is 0 Å². The second-order valence-corrected chi connectivity index (χ2v) is 4.15. The van der Waals surface area contributed by atoms with Crippen molar-refractivity contribution in [3.63, 3.8) is 0 Å². The molecule has 90 valence electrons. The smallest absolute Gasteiger partial charge is 0.298 e. The summed E-state index contributed by atoms with van der Waals surface area (Å²) < 4.78 is 0. The fraction of sp³-hybridized carbons (Fsp3) is 0.357. The van der Waals surface area contributed by atoms with Crippen LogP contribution in [0.5, 0.6) is 0 Å². The molecule has 0 aliphatic carbocycles. The van der Waals surface area contributed by atoms with Gasteiger partial charge in [-0.3, -0.25) is 4.79 Å². The minimum absolute atomic E-state index is 0.143. The molecule has 1 amide bonds. The molecule has 0 saturated carbocycles. The molecule has 1 aromatic carbocycles. The van der Waals surface area contributed by atoms with Crippen molar-refractivity contribution in [3.05, 3.63) is 35.9 Å². The lowest BCUT2D eigenvalue weighted by molar-refractivity contribution is -0.124. The van der Waals surface area contributed by atoms with Gasteiger partial charge >= 0.3 is 0 Å². The number of hydrogen-bond acceptors (Lipinski definition) is 2. The molecule has 0 bridgehead atoms. The minimum atomic E-state index is -0.143. The summed E-state index contributed by atoms with van der Waals surface area (Å²) in [6.07, 6.45) is 0. The maximum atomic E-state index is 11.7. The van der Waals surface area contributed by atoms with E-state index in [1.807, 2.05) is 49.3 Å². The van der Waals surface area contributed by atoms with E-state index in [-0.39, 0.29) is 5.91 Å². The summed E-state index contributed by atoms with van der Waals surface area (Å²) in [6.45, 7) is 1.53. The fourth-order valence-electron chi connectivity index (χ4n) is 1.19. The molecule has 0 unspecified atom stereocenters. The second kappa shape index (κ2) is 6.72. The Morgan fingerprint density at radius 1 is 1.12 bits per heavy atom. The largest absolute Gasteiger partial charge is 0.334 e. The van der Waals surface area contributed by atoms with Gasteiger partial charge in [-0.1, -0.05) is 24.1 Å². The van der Waals surface area contributed by atoms with Gasteiger partial charge in [0.25, 0.3) is 5.91 Å². The molecule has 0 heterocycles. The average molecular weight is 230 g/mol. The summed E-state index contributed by atoms with van der Waals surface area (Å²) in [7, 11) is 5.73. The van der Waals surface area contributed by atoms with Gasteiger partial charge in [-0.05, 0) is 26.2 Å². The molecule has 1 aromatic rings.